The maximum Gasteiger partial charge on any atom is 0.0865 e. The predicted octanol–water partition coefficient (Wildman–Crippen LogP) is 2.72. The van der Waals surface area contributed by atoms with Gasteiger partial charge in [-0.25, -0.2) is 0 Å². The van der Waals surface area contributed by atoms with Crippen molar-refractivity contribution in [3.63, 3.8) is 0 Å². The Morgan fingerprint density at radius 3 is 2.88 bits per heavy atom. The van der Waals surface area contributed by atoms with E-state index in [1.165, 1.54) is 44.9 Å². The first-order valence-corrected chi connectivity index (χ1v) is 7.24. The Kier molecular flexibility index (Phi) is 2.97. The van der Waals surface area contributed by atoms with Gasteiger partial charge in [-0.2, -0.15) is 0 Å². The molecule has 1 saturated heterocycles. The average Bonchev–Trinajstić information content (AvgIpc) is 3.14. The second kappa shape index (κ2) is 4.30. The van der Waals surface area contributed by atoms with Gasteiger partial charge in [-0.3, -0.25) is 0 Å². The van der Waals surface area contributed by atoms with Crippen LogP contribution in [0.2, 0.25) is 0 Å². The Hall–Kier alpha value is -0.0800. The zero-order valence-electron chi connectivity index (χ0n) is 10.5. The van der Waals surface area contributed by atoms with Crippen LogP contribution in [-0.2, 0) is 4.74 Å². The minimum atomic E-state index is 0.215. The Morgan fingerprint density at radius 1 is 1.25 bits per heavy atom. The van der Waals surface area contributed by atoms with E-state index in [1.807, 2.05) is 0 Å². The molecule has 1 aliphatic heterocycles. The molecule has 3 atom stereocenters. The van der Waals surface area contributed by atoms with Crippen LogP contribution in [0.4, 0.5) is 0 Å². The predicted molar refractivity (Wildman–Crippen MR) is 65.4 cm³/mol. The summed E-state index contributed by atoms with van der Waals surface area (Å²) in [5.41, 5.74) is 0.215. The van der Waals surface area contributed by atoms with Gasteiger partial charge in [0, 0.05) is 12.6 Å². The lowest BCUT2D eigenvalue weighted by Crippen LogP contribution is -2.63. The summed E-state index contributed by atoms with van der Waals surface area (Å²) in [7, 11) is 0. The molecule has 2 nitrogen and oxygen atoms in total. The lowest BCUT2D eigenvalue weighted by Gasteiger charge is -2.52. The van der Waals surface area contributed by atoms with Gasteiger partial charge in [0.05, 0.1) is 12.2 Å². The molecule has 1 heterocycles. The van der Waals surface area contributed by atoms with Crippen LogP contribution in [-0.4, -0.2) is 24.8 Å². The van der Waals surface area contributed by atoms with Gasteiger partial charge < -0.3 is 10.1 Å². The lowest BCUT2D eigenvalue weighted by molar-refractivity contribution is -0.156. The molecule has 2 aliphatic carbocycles. The van der Waals surface area contributed by atoms with Gasteiger partial charge in [0.2, 0.25) is 0 Å². The van der Waals surface area contributed by atoms with Gasteiger partial charge in [0.1, 0.15) is 0 Å². The van der Waals surface area contributed by atoms with Crippen molar-refractivity contribution >= 4 is 0 Å². The molecule has 3 rings (SSSR count). The van der Waals surface area contributed by atoms with Gasteiger partial charge in [-0.15, -0.1) is 0 Å². The van der Waals surface area contributed by atoms with E-state index in [9.17, 15) is 0 Å². The SMILES string of the molecule is CCC1CCCCC12OCCNC2C1CC1. The molecule has 0 aromatic rings. The Balaban J connectivity index is 1.84. The highest BCUT2D eigenvalue weighted by molar-refractivity contribution is 5.07. The average molecular weight is 223 g/mol. The van der Waals surface area contributed by atoms with Crippen LogP contribution in [0, 0.1) is 11.8 Å². The van der Waals surface area contributed by atoms with E-state index in [0.29, 0.717) is 6.04 Å². The van der Waals surface area contributed by atoms with Gasteiger partial charge >= 0.3 is 0 Å². The summed E-state index contributed by atoms with van der Waals surface area (Å²) in [5.74, 6) is 1.73. The summed E-state index contributed by atoms with van der Waals surface area (Å²) in [4.78, 5) is 0. The van der Waals surface area contributed by atoms with E-state index in [1.54, 1.807) is 0 Å². The van der Waals surface area contributed by atoms with Crippen molar-refractivity contribution in [2.75, 3.05) is 13.2 Å². The third kappa shape index (κ3) is 1.70. The number of hydrogen-bond acceptors (Lipinski definition) is 2. The standard InChI is InChI=1S/C14H25NO/c1-2-12-5-3-4-8-14(12)13(11-6-7-11)15-9-10-16-14/h11-13,15H,2-10H2,1H3. The van der Waals surface area contributed by atoms with E-state index in [0.717, 1.165) is 25.0 Å². The topological polar surface area (TPSA) is 21.3 Å². The van der Waals surface area contributed by atoms with Crippen LogP contribution in [0.3, 0.4) is 0 Å². The number of rotatable bonds is 2. The first-order valence-electron chi connectivity index (χ1n) is 7.24. The van der Waals surface area contributed by atoms with E-state index in [-0.39, 0.29) is 5.60 Å². The fraction of sp³-hybridized carbons (Fsp3) is 1.00. The smallest absolute Gasteiger partial charge is 0.0865 e. The van der Waals surface area contributed by atoms with Crippen LogP contribution in [0.5, 0.6) is 0 Å². The number of hydrogen-bond donors (Lipinski definition) is 1. The summed E-state index contributed by atoms with van der Waals surface area (Å²) in [6.07, 6.45) is 9.65. The molecule has 2 heteroatoms. The Bertz CT molecular complexity index is 245. The Labute approximate surface area is 99.1 Å². The normalized spacial score (nSPS) is 44.8. The van der Waals surface area contributed by atoms with Crippen LogP contribution < -0.4 is 5.32 Å². The first kappa shape index (κ1) is 11.0. The minimum absolute atomic E-state index is 0.215. The Morgan fingerprint density at radius 2 is 2.12 bits per heavy atom. The molecule has 0 radical (unpaired) electrons. The zero-order valence-corrected chi connectivity index (χ0v) is 10.5. The monoisotopic (exact) mass is 223 g/mol. The van der Waals surface area contributed by atoms with Crippen molar-refractivity contribution in [1.29, 1.82) is 0 Å². The molecule has 3 aliphatic rings. The molecular formula is C14H25NO. The van der Waals surface area contributed by atoms with Crippen molar-refractivity contribution in [2.24, 2.45) is 11.8 Å². The second-order valence-corrected chi connectivity index (χ2v) is 5.92. The van der Waals surface area contributed by atoms with Crippen LogP contribution in [0.1, 0.15) is 51.9 Å². The van der Waals surface area contributed by atoms with E-state index >= 15 is 0 Å². The molecular weight excluding hydrogens is 198 g/mol. The van der Waals surface area contributed by atoms with Crippen molar-refractivity contribution in [2.45, 2.75) is 63.5 Å². The van der Waals surface area contributed by atoms with Gasteiger partial charge in [0.15, 0.2) is 0 Å². The molecule has 1 spiro atoms. The van der Waals surface area contributed by atoms with E-state index < -0.39 is 0 Å². The number of morpholine rings is 1. The first-order chi connectivity index (χ1) is 7.87. The third-order valence-electron chi connectivity index (χ3n) is 5.01. The highest BCUT2D eigenvalue weighted by atomic mass is 16.5. The second-order valence-electron chi connectivity index (χ2n) is 5.92. The number of nitrogens with one attached hydrogen (secondary N) is 1. The largest absolute Gasteiger partial charge is 0.372 e. The molecule has 0 aromatic carbocycles. The van der Waals surface area contributed by atoms with Gasteiger partial charge in [-0.05, 0) is 37.5 Å². The molecule has 92 valence electrons. The van der Waals surface area contributed by atoms with Crippen LogP contribution in [0.25, 0.3) is 0 Å². The highest BCUT2D eigenvalue weighted by Crippen LogP contribution is 2.49. The third-order valence-corrected chi connectivity index (χ3v) is 5.01. The number of ether oxygens (including phenoxy) is 1. The highest BCUT2D eigenvalue weighted by Gasteiger charge is 2.53. The van der Waals surface area contributed by atoms with Crippen molar-refractivity contribution < 1.29 is 4.74 Å². The summed E-state index contributed by atoms with van der Waals surface area (Å²) in [6.45, 7) is 4.35. The lowest BCUT2D eigenvalue weighted by atomic mass is 9.68. The fourth-order valence-electron chi connectivity index (χ4n) is 4.10. The quantitative estimate of drug-likeness (QED) is 0.777. The van der Waals surface area contributed by atoms with Crippen LogP contribution in [0.15, 0.2) is 0 Å². The maximum absolute atomic E-state index is 6.36. The molecule has 1 N–H and O–H groups in total. The molecule has 16 heavy (non-hydrogen) atoms. The van der Waals surface area contributed by atoms with Crippen molar-refractivity contribution in [3.8, 4) is 0 Å². The maximum atomic E-state index is 6.36. The van der Waals surface area contributed by atoms with E-state index in [2.05, 4.69) is 12.2 Å². The summed E-state index contributed by atoms with van der Waals surface area (Å²) < 4.78 is 6.36. The van der Waals surface area contributed by atoms with E-state index in [4.69, 9.17) is 4.74 Å². The molecule has 3 unspecified atom stereocenters. The summed E-state index contributed by atoms with van der Waals surface area (Å²) in [6, 6.07) is 0.673. The molecule has 0 aromatic heterocycles. The van der Waals surface area contributed by atoms with Gasteiger partial charge in [0.25, 0.3) is 0 Å². The molecule has 0 amide bonds. The zero-order chi connectivity index (χ0) is 11.0. The minimum Gasteiger partial charge on any atom is -0.372 e. The summed E-state index contributed by atoms with van der Waals surface area (Å²) >= 11 is 0. The van der Waals surface area contributed by atoms with Crippen LogP contribution >= 0.6 is 0 Å². The van der Waals surface area contributed by atoms with Gasteiger partial charge in [-0.1, -0.05) is 26.2 Å². The summed E-state index contributed by atoms with van der Waals surface area (Å²) in [5, 5.41) is 3.78. The van der Waals surface area contributed by atoms with Crippen molar-refractivity contribution in [3.05, 3.63) is 0 Å². The molecule has 2 saturated carbocycles. The fourth-order valence-corrected chi connectivity index (χ4v) is 4.10. The molecule has 0 bridgehead atoms. The van der Waals surface area contributed by atoms with Crippen molar-refractivity contribution in [1.82, 2.24) is 5.32 Å². The molecule has 3 fully saturated rings.